The van der Waals surface area contributed by atoms with Crippen LogP contribution in [0, 0.1) is 0 Å². The van der Waals surface area contributed by atoms with E-state index in [1.54, 1.807) is 0 Å². The third-order valence-electron chi connectivity index (χ3n) is 0.204. The van der Waals surface area contributed by atoms with Gasteiger partial charge in [0, 0.05) is 0 Å². The first-order valence-corrected chi connectivity index (χ1v) is 2.41. The van der Waals surface area contributed by atoms with Crippen molar-refractivity contribution >= 4 is 10.4 Å². The molecule has 0 saturated heterocycles. The van der Waals surface area contributed by atoms with Crippen molar-refractivity contribution in [1.82, 2.24) is 6.15 Å². The van der Waals surface area contributed by atoms with E-state index in [1.165, 1.54) is 0 Å². The van der Waals surface area contributed by atoms with E-state index >= 15 is 0 Å². The molecule has 8 heavy (non-hydrogen) atoms. The van der Waals surface area contributed by atoms with Crippen LogP contribution in [0.5, 0.6) is 0 Å². The SMILES string of the molecule is COS(=O)(=O)[O-].[Br-].[NH4+]. The zero-order valence-electron chi connectivity index (χ0n) is 4.42. The predicted octanol–water partition coefficient (Wildman–Crippen LogP) is -3.53. The number of quaternary nitrogens is 1. The predicted molar refractivity (Wildman–Crippen MR) is 22.7 cm³/mol. The molecule has 0 aliphatic carbocycles. The van der Waals surface area contributed by atoms with Gasteiger partial charge in [-0.05, 0) is 0 Å². The van der Waals surface area contributed by atoms with Crippen LogP contribution >= 0.6 is 0 Å². The summed E-state index contributed by atoms with van der Waals surface area (Å²) in [6.45, 7) is 0. The molecule has 0 aliphatic rings. The van der Waals surface area contributed by atoms with Crippen LogP contribution in [-0.4, -0.2) is 20.1 Å². The highest BCUT2D eigenvalue weighted by molar-refractivity contribution is 7.80. The molecule has 0 saturated carbocycles. The molecule has 0 aliphatic heterocycles. The van der Waals surface area contributed by atoms with Gasteiger partial charge in [-0.15, -0.1) is 0 Å². The lowest BCUT2D eigenvalue weighted by atomic mass is 11.8. The van der Waals surface area contributed by atoms with E-state index in [0.717, 1.165) is 7.11 Å². The Morgan fingerprint density at radius 2 is 1.62 bits per heavy atom. The maximum Gasteiger partial charge on any atom is 0.217 e. The van der Waals surface area contributed by atoms with E-state index in [0.29, 0.717) is 0 Å². The van der Waals surface area contributed by atoms with Crippen LogP contribution in [0.4, 0.5) is 0 Å². The third-order valence-corrected chi connectivity index (χ3v) is 0.612. The minimum Gasteiger partial charge on any atom is -1.00 e. The van der Waals surface area contributed by atoms with Crippen molar-refractivity contribution in [2.24, 2.45) is 0 Å². The Morgan fingerprint density at radius 3 is 1.62 bits per heavy atom. The van der Waals surface area contributed by atoms with Crippen LogP contribution in [0.2, 0.25) is 0 Å². The molecule has 54 valence electrons. The molecule has 0 radical (unpaired) electrons. The number of rotatable bonds is 1. The van der Waals surface area contributed by atoms with E-state index < -0.39 is 10.4 Å². The summed E-state index contributed by atoms with van der Waals surface area (Å²) in [5.74, 6) is 0. The smallest absolute Gasteiger partial charge is 0.217 e. The van der Waals surface area contributed by atoms with Crippen LogP contribution in [0.25, 0.3) is 0 Å². The summed E-state index contributed by atoms with van der Waals surface area (Å²) in [6.07, 6.45) is 0. The van der Waals surface area contributed by atoms with Gasteiger partial charge in [-0.25, -0.2) is 8.42 Å². The van der Waals surface area contributed by atoms with Crippen LogP contribution in [0.15, 0.2) is 0 Å². The number of hydrogen-bond acceptors (Lipinski definition) is 4. The number of hydrogen-bond donors (Lipinski definition) is 1. The van der Waals surface area contributed by atoms with Crippen molar-refractivity contribution in [3.8, 4) is 0 Å². The average molecular weight is 209 g/mol. The van der Waals surface area contributed by atoms with Crippen LogP contribution in [-0.2, 0) is 14.6 Å². The monoisotopic (exact) mass is 208 g/mol. The summed E-state index contributed by atoms with van der Waals surface area (Å²) in [5.41, 5.74) is 0. The van der Waals surface area contributed by atoms with Gasteiger partial charge in [0.1, 0.15) is 0 Å². The zero-order valence-corrected chi connectivity index (χ0v) is 6.82. The van der Waals surface area contributed by atoms with Gasteiger partial charge in [0.2, 0.25) is 10.4 Å². The van der Waals surface area contributed by atoms with Crippen LogP contribution < -0.4 is 23.1 Å². The van der Waals surface area contributed by atoms with Crippen molar-refractivity contribution in [3.05, 3.63) is 0 Å². The molecule has 0 rings (SSSR count). The fraction of sp³-hybridized carbons (Fsp3) is 1.00. The van der Waals surface area contributed by atoms with E-state index in [9.17, 15) is 13.0 Å². The molecule has 0 amide bonds. The van der Waals surface area contributed by atoms with Crippen molar-refractivity contribution in [2.75, 3.05) is 7.11 Å². The molecule has 4 N–H and O–H groups in total. The molecule has 0 aromatic rings. The Bertz CT molecular complexity index is 118. The Kier molecular flexibility index (Phi) is 10.7. The summed E-state index contributed by atoms with van der Waals surface area (Å²) in [6, 6.07) is 0. The van der Waals surface area contributed by atoms with E-state index in [4.69, 9.17) is 0 Å². The van der Waals surface area contributed by atoms with Crippen LogP contribution in [0.3, 0.4) is 0 Å². The maximum atomic E-state index is 9.22. The Balaban J connectivity index is -0.000000125. The Labute approximate surface area is 58.3 Å². The normalized spacial score (nSPS) is 8.75. The molecule has 0 heterocycles. The second kappa shape index (κ2) is 5.45. The molecular formula is CH7BrNO4S-. The van der Waals surface area contributed by atoms with Crippen molar-refractivity contribution < 1.29 is 34.1 Å². The topological polar surface area (TPSA) is 103 Å². The molecular weight excluding hydrogens is 202 g/mol. The summed E-state index contributed by atoms with van der Waals surface area (Å²) in [5, 5.41) is 0. The molecule has 5 nitrogen and oxygen atoms in total. The fourth-order valence-electron chi connectivity index (χ4n) is 0. The molecule has 0 aromatic heterocycles. The molecule has 0 fully saturated rings. The summed E-state index contributed by atoms with van der Waals surface area (Å²) in [7, 11) is -3.60. The quantitative estimate of drug-likeness (QED) is 0.357. The van der Waals surface area contributed by atoms with Gasteiger partial charge in [0.05, 0.1) is 7.11 Å². The van der Waals surface area contributed by atoms with Gasteiger partial charge >= 0.3 is 0 Å². The van der Waals surface area contributed by atoms with Crippen molar-refractivity contribution in [2.45, 2.75) is 0 Å². The first-order chi connectivity index (χ1) is 2.56. The second-order valence-corrected chi connectivity index (χ2v) is 1.72. The average Bonchev–Trinajstić information content (AvgIpc) is 1.35. The summed E-state index contributed by atoms with van der Waals surface area (Å²) in [4.78, 5) is 0. The lowest BCUT2D eigenvalue weighted by Crippen LogP contribution is -3.00. The van der Waals surface area contributed by atoms with Crippen molar-refractivity contribution in [3.63, 3.8) is 0 Å². The molecule has 0 unspecified atom stereocenters. The van der Waals surface area contributed by atoms with Gasteiger partial charge in [-0.2, -0.15) is 0 Å². The van der Waals surface area contributed by atoms with Gasteiger partial charge in [-0.1, -0.05) is 0 Å². The maximum absolute atomic E-state index is 9.22. The second-order valence-electron chi connectivity index (χ2n) is 0.575. The van der Waals surface area contributed by atoms with Gasteiger partial charge < -0.3 is 27.7 Å². The molecule has 7 heteroatoms. The molecule has 0 atom stereocenters. The Hall–Kier alpha value is 0.310. The van der Waals surface area contributed by atoms with E-state index in [-0.39, 0.29) is 23.1 Å². The largest absolute Gasteiger partial charge is 1.00 e. The highest BCUT2D eigenvalue weighted by Gasteiger charge is 1.79. The minimum absolute atomic E-state index is 0. The minimum atomic E-state index is -4.41. The highest BCUT2D eigenvalue weighted by Crippen LogP contribution is 1.74. The fourth-order valence-corrected chi connectivity index (χ4v) is 0. The van der Waals surface area contributed by atoms with Gasteiger partial charge in [-0.3, -0.25) is 4.18 Å². The summed E-state index contributed by atoms with van der Waals surface area (Å²) >= 11 is 0. The zero-order chi connectivity index (χ0) is 5.21. The first-order valence-electron chi connectivity index (χ1n) is 1.07. The molecule has 0 spiro atoms. The lowest BCUT2D eigenvalue weighted by molar-refractivity contribution is -0.00000781. The summed E-state index contributed by atoms with van der Waals surface area (Å²) < 4.78 is 31.0. The standard InChI is InChI=1S/CH4O4S.BrH.H3N/c1-5-6(2,3)4;;/h1H3,(H,2,3,4);1H;1H3/p-1. The highest BCUT2D eigenvalue weighted by atomic mass is 79.9. The van der Waals surface area contributed by atoms with Crippen LogP contribution in [0.1, 0.15) is 0 Å². The van der Waals surface area contributed by atoms with Gasteiger partial charge in [0.25, 0.3) is 0 Å². The third kappa shape index (κ3) is 16.2. The number of halogens is 1. The van der Waals surface area contributed by atoms with Crippen molar-refractivity contribution in [1.29, 1.82) is 0 Å². The molecule has 0 aromatic carbocycles. The van der Waals surface area contributed by atoms with E-state index in [1.807, 2.05) is 0 Å². The Morgan fingerprint density at radius 1 is 1.50 bits per heavy atom. The lowest BCUT2D eigenvalue weighted by Gasteiger charge is -1.98. The first kappa shape index (κ1) is 15.7. The van der Waals surface area contributed by atoms with Gasteiger partial charge in [0.15, 0.2) is 0 Å². The van der Waals surface area contributed by atoms with E-state index in [2.05, 4.69) is 4.18 Å². The molecule has 0 bridgehead atoms.